The van der Waals surface area contributed by atoms with Gasteiger partial charge in [0.25, 0.3) is 0 Å². The first-order chi connectivity index (χ1) is 10.4. The molecule has 1 aromatic rings. The van der Waals surface area contributed by atoms with Crippen LogP contribution in [0.3, 0.4) is 0 Å². The van der Waals surface area contributed by atoms with E-state index < -0.39 is 17.5 Å². The van der Waals surface area contributed by atoms with E-state index >= 15 is 0 Å². The lowest BCUT2D eigenvalue weighted by Crippen LogP contribution is -2.26. The number of ether oxygens (including phenoxy) is 1. The molecule has 23 heavy (non-hydrogen) atoms. The predicted molar refractivity (Wildman–Crippen MR) is 91.1 cm³/mol. The molecule has 128 valence electrons. The highest BCUT2D eigenvalue weighted by Gasteiger charge is 2.28. The number of aryl methyl sites for hydroxylation is 1. The van der Waals surface area contributed by atoms with E-state index in [4.69, 9.17) is 4.74 Å². The van der Waals surface area contributed by atoms with E-state index in [0.717, 1.165) is 17.5 Å². The third kappa shape index (κ3) is 5.38. The number of carboxylic acid groups (broad SMARTS) is 1. The second kappa shape index (κ2) is 6.73. The first-order valence-electron chi connectivity index (χ1n) is 7.97. The van der Waals surface area contributed by atoms with Gasteiger partial charge >= 0.3 is 11.9 Å². The average Bonchev–Trinajstić information content (AvgIpc) is 2.33. The van der Waals surface area contributed by atoms with Crippen molar-refractivity contribution in [3.8, 4) is 0 Å². The van der Waals surface area contributed by atoms with E-state index in [-0.39, 0.29) is 16.5 Å². The van der Waals surface area contributed by atoms with Crippen LogP contribution >= 0.6 is 0 Å². The molecule has 0 aliphatic rings. The van der Waals surface area contributed by atoms with Gasteiger partial charge in [-0.3, -0.25) is 0 Å². The average molecular weight is 320 g/mol. The Morgan fingerprint density at radius 1 is 1.09 bits per heavy atom. The van der Waals surface area contributed by atoms with Crippen LogP contribution < -0.4 is 0 Å². The van der Waals surface area contributed by atoms with Crippen LogP contribution in [0.15, 0.2) is 12.1 Å². The summed E-state index contributed by atoms with van der Waals surface area (Å²) in [6, 6.07) is 3.41. The molecule has 0 aliphatic heterocycles. The van der Waals surface area contributed by atoms with Crippen molar-refractivity contribution in [2.75, 3.05) is 0 Å². The van der Waals surface area contributed by atoms with Gasteiger partial charge < -0.3 is 9.84 Å². The van der Waals surface area contributed by atoms with Crippen molar-refractivity contribution in [2.45, 2.75) is 66.9 Å². The molecule has 0 atom stereocenters. The minimum absolute atomic E-state index is 0.0773. The van der Waals surface area contributed by atoms with Gasteiger partial charge in [-0.05, 0) is 56.2 Å². The van der Waals surface area contributed by atoms with Gasteiger partial charge in [0.15, 0.2) is 0 Å². The molecule has 0 saturated heterocycles. The third-order valence-electron chi connectivity index (χ3n) is 3.33. The smallest absolute Gasteiger partial charge is 0.339 e. The highest BCUT2D eigenvalue weighted by atomic mass is 16.6. The minimum atomic E-state index is -1.08. The number of carbonyl (C=O) groups excluding carboxylic acids is 1. The van der Waals surface area contributed by atoms with Gasteiger partial charge in [-0.1, -0.05) is 33.8 Å². The van der Waals surface area contributed by atoms with Gasteiger partial charge in [0, 0.05) is 0 Å². The van der Waals surface area contributed by atoms with Crippen LogP contribution in [0.5, 0.6) is 0 Å². The van der Waals surface area contributed by atoms with Crippen LogP contribution in [0.1, 0.15) is 80.3 Å². The number of carboxylic acids is 1. The maximum atomic E-state index is 12.4. The predicted octanol–water partition coefficient (Wildman–Crippen LogP) is 4.49. The molecule has 0 fully saturated rings. The Bertz CT molecular complexity index is 601. The summed E-state index contributed by atoms with van der Waals surface area (Å²) in [6.45, 7) is 13.4. The Hall–Kier alpha value is -1.84. The van der Waals surface area contributed by atoms with Crippen LogP contribution in [-0.2, 0) is 17.6 Å². The monoisotopic (exact) mass is 320 g/mol. The van der Waals surface area contributed by atoms with Crippen molar-refractivity contribution in [1.82, 2.24) is 0 Å². The summed E-state index contributed by atoms with van der Waals surface area (Å²) in [4.78, 5) is 24.3. The number of rotatable bonds is 4. The summed E-state index contributed by atoms with van der Waals surface area (Å²) < 4.78 is 5.37. The SMILES string of the molecule is CCc1ccc(C(=O)OC(C)(C)C)c(C(=O)O)c1CC(C)(C)C. The molecular formula is C19H28O4. The van der Waals surface area contributed by atoms with Gasteiger partial charge in [-0.25, -0.2) is 9.59 Å². The van der Waals surface area contributed by atoms with Crippen LogP contribution in [0.2, 0.25) is 0 Å². The van der Waals surface area contributed by atoms with E-state index in [0.29, 0.717) is 6.42 Å². The van der Waals surface area contributed by atoms with Crippen molar-refractivity contribution in [2.24, 2.45) is 5.41 Å². The van der Waals surface area contributed by atoms with Crippen LogP contribution in [0, 0.1) is 5.41 Å². The quantitative estimate of drug-likeness (QED) is 0.830. The van der Waals surface area contributed by atoms with Gasteiger partial charge in [-0.2, -0.15) is 0 Å². The zero-order valence-electron chi connectivity index (χ0n) is 15.2. The summed E-state index contributed by atoms with van der Waals surface area (Å²) >= 11 is 0. The third-order valence-corrected chi connectivity index (χ3v) is 3.33. The Morgan fingerprint density at radius 2 is 1.65 bits per heavy atom. The molecule has 1 aromatic carbocycles. The molecular weight excluding hydrogens is 292 g/mol. The maximum absolute atomic E-state index is 12.4. The lowest BCUT2D eigenvalue weighted by atomic mass is 9.82. The fourth-order valence-electron chi connectivity index (χ4n) is 2.50. The number of hydrogen-bond donors (Lipinski definition) is 1. The molecule has 0 aromatic heterocycles. The van der Waals surface area contributed by atoms with Crippen molar-refractivity contribution < 1.29 is 19.4 Å². The molecule has 1 N–H and O–H groups in total. The molecule has 0 heterocycles. The number of carbonyl (C=O) groups is 2. The number of benzene rings is 1. The van der Waals surface area contributed by atoms with Crippen molar-refractivity contribution >= 4 is 11.9 Å². The molecule has 0 radical (unpaired) electrons. The first kappa shape index (κ1) is 19.2. The van der Waals surface area contributed by atoms with Gasteiger partial charge in [0.2, 0.25) is 0 Å². The fraction of sp³-hybridized carbons (Fsp3) is 0.579. The van der Waals surface area contributed by atoms with Crippen LogP contribution in [0.25, 0.3) is 0 Å². The number of aromatic carboxylic acids is 1. The van der Waals surface area contributed by atoms with E-state index in [9.17, 15) is 14.7 Å². The van der Waals surface area contributed by atoms with E-state index in [1.165, 1.54) is 0 Å². The number of esters is 1. The molecule has 4 heteroatoms. The minimum Gasteiger partial charge on any atom is -0.478 e. The fourth-order valence-corrected chi connectivity index (χ4v) is 2.50. The summed E-state index contributed by atoms with van der Waals surface area (Å²) in [5.74, 6) is -1.67. The molecule has 0 spiro atoms. The Balaban J connectivity index is 3.52. The Labute approximate surface area is 138 Å². The zero-order valence-corrected chi connectivity index (χ0v) is 15.2. The first-order valence-corrected chi connectivity index (χ1v) is 7.97. The van der Waals surface area contributed by atoms with Crippen LogP contribution in [-0.4, -0.2) is 22.6 Å². The summed E-state index contributed by atoms with van der Waals surface area (Å²) in [5.41, 5.74) is 1.15. The van der Waals surface area contributed by atoms with Crippen molar-refractivity contribution in [3.63, 3.8) is 0 Å². The van der Waals surface area contributed by atoms with Crippen molar-refractivity contribution in [3.05, 3.63) is 34.4 Å². The molecule has 0 saturated carbocycles. The highest BCUT2D eigenvalue weighted by Crippen LogP contribution is 2.29. The normalized spacial score (nSPS) is 12.1. The lowest BCUT2D eigenvalue weighted by molar-refractivity contribution is 0.00655. The van der Waals surface area contributed by atoms with Gasteiger partial charge in [0.05, 0.1) is 11.1 Å². The topological polar surface area (TPSA) is 63.6 Å². The van der Waals surface area contributed by atoms with Gasteiger partial charge in [-0.15, -0.1) is 0 Å². The van der Waals surface area contributed by atoms with E-state index in [1.807, 2.05) is 13.0 Å². The highest BCUT2D eigenvalue weighted by molar-refractivity contribution is 6.04. The van der Waals surface area contributed by atoms with Crippen LogP contribution in [0.4, 0.5) is 0 Å². The molecule has 0 amide bonds. The zero-order chi connectivity index (χ0) is 18.0. The summed E-state index contributed by atoms with van der Waals surface area (Å²) in [7, 11) is 0. The molecule has 0 bridgehead atoms. The molecule has 4 nitrogen and oxygen atoms in total. The van der Waals surface area contributed by atoms with E-state index in [2.05, 4.69) is 20.8 Å². The standard InChI is InChI=1S/C19H28O4/c1-8-12-9-10-13(17(22)23-19(5,6)7)15(16(20)21)14(12)11-18(2,3)4/h9-10H,8,11H2,1-7H3,(H,20,21). The second-order valence-electron chi connectivity index (χ2n) is 8.02. The molecule has 1 rings (SSSR count). The summed E-state index contributed by atoms with van der Waals surface area (Å²) in [6.07, 6.45) is 1.31. The molecule has 0 aliphatic carbocycles. The maximum Gasteiger partial charge on any atom is 0.339 e. The Morgan fingerprint density at radius 3 is 2.04 bits per heavy atom. The lowest BCUT2D eigenvalue weighted by Gasteiger charge is -2.24. The van der Waals surface area contributed by atoms with Gasteiger partial charge in [0.1, 0.15) is 5.60 Å². The summed E-state index contributed by atoms with van der Waals surface area (Å²) in [5, 5.41) is 9.70. The number of hydrogen-bond acceptors (Lipinski definition) is 3. The van der Waals surface area contributed by atoms with E-state index in [1.54, 1.807) is 26.8 Å². The van der Waals surface area contributed by atoms with Crippen molar-refractivity contribution in [1.29, 1.82) is 0 Å². The second-order valence-corrected chi connectivity index (χ2v) is 8.02. The largest absolute Gasteiger partial charge is 0.478 e. The Kier molecular flexibility index (Phi) is 5.62. The molecule has 0 unspecified atom stereocenters.